The number of rotatable bonds is 13. The zero-order valence-electron chi connectivity index (χ0n) is 78.0. The van der Waals surface area contributed by atoms with Gasteiger partial charge in [0.15, 0.2) is 0 Å². The molecule has 4 unspecified atom stereocenters. The summed E-state index contributed by atoms with van der Waals surface area (Å²) in [6.07, 6.45) is 22.1. The fraction of sp³-hybridized carbons (Fsp3) is 0.684. The number of carbonyl (C=O) groups excluding carboxylic acids is 7. The van der Waals surface area contributed by atoms with E-state index in [1.807, 2.05) is 54.0 Å². The molecule has 4 aromatic carbocycles. The van der Waals surface area contributed by atoms with Crippen LogP contribution in [0.15, 0.2) is 97.1 Å². The second kappa shape index (κ2) is 43.8. The molecule has 4 aromatic rings. The highest BCUT2D eigenvalue weighted by molar-refractivity contribution is 6.62. The maximum atomic E-state index is 12.6. The highest BCUT2D eigenvalue weighted by Crippen LogP contribution is 2.56. The topological polar surface area (TPSA) is 277 Å². The molecule has 31 heteroatoms. The summed E-state index contributed by atoms with van der Waals surface area (Å²) >= 11 is 4.71. The first kappa shape index (κ1) is 97.7. The summed E-state index contributed by atoms with van der Waals surface area (Å²) in [7, 11) is 2.42. The first-order valence-electron chi connectivity index (χ1n) is 48.8. The van der Waals surface area contributed by atoms with E-state index in [1.165, 1.54) is 142 Å². The maximum absolute atomic E-state index is 12.6. The summed E-state index contributed by atoms with van der Waals surface area (Å²) < 4.78 is 20.5. The molecule has 0 aromatic heterocycles. The number of urea groups is 1. The maximum Gasteiger partial charge on any atom is 0.409 e. The summed E-state index contributed by atoms with van der Waals surface area (Å²) in [6, 6.07) is 38.4. The van der Waals surface area contributed by atoms with E-state index < -0.39 is 12.4 Å². The lowest BCUT2D eigenvalue weighted by atomic mass is 9.64. The fourth-order valence-electron chi connectivity index (χ4n) is 25.5. The Bertz CT molecular complexity index is 4430. The molecule has 4 aliphatic carbocycles. The number of Topliss-reactive ketones (excluding diaryl/α,β-unsaturated/α-hetero) is 1. The van der Waals surface area contributed by atoms with E-state index in [-0.39, 0.29) is 61.3 Å². The van der Waals surface area contributed by atoms with Gasteiger partial charge in [-0.1, -0.05) is 97.1 Å². The number of fused-ring (bicyclic) bond motifs is 4. The highest BCUT2D eigenvalue weighted by atomic mass is 35.5. The smallest absolute Gasteiger partial charge is 0.409 e. The number of amides is 7. The van der Waals surface area contributed by atoms with Gasteiger partial charge in [0.05, 0.1) is 32.5 Å². The van der Waals surface area contributed by atoms with Crippen LogP contribution in [-0.2, 0) is 49.9 Å². The van der Waals surface area contributed by atoms with Gasteiger partial charge in [0, 0.05) is 147 Å². The number of benzene rings is 4. The Morgan fingerprint density at radius 1 is 0.434 bits per heavy atom. The van der Waals surface area contributed by atoms with Crippen LogP contribution in [-0.4, -0.2) is 278 Å². The molecule has 4 atom stereocenters. The van der Waals surface area contributed by atoms with Crippen molar-refractivity contribution in [2.24, 2.45) is 45.3 Å². The molecule has 16 aliphatic rings. The predicted octanol–water partition coefficient (Wildman–Crippen LogP) is 14.4. The number of nitrogens with one attached hydrogen (secondary N) is 4. The molecule has 27 nitrogen and oxygen atoms in total. The second-order valence-corrected chi connectivity index (χ2v) is 40.4. The van der Waals surface area contributed by atoms with Crippen LogP contribution in [0.3, 0.4) is 0 Å². The first-order valence-corrected chi connectivity index (χ1v) is 49.2. The van der Waals surface area contributed by atoms with Gasteiger partial charge in [-0.25, -0.2) is 24.0 Å². The van der Waals surface area contributed by atoms with Gasteiger partial charge in [-0.3, -0.25) is 9.59 Å². The number of carbonyl (C=O) groups is 7. The van der Waals surface area contributed by atoms with Crippen LogP contribution in [0.1, 0.15) is 225 Å². The number of nitrogens with zero attached hydrogens (tertiary/aromatic N) is 10. The van der Waals surface area contributed by atoms with Gasteiger partial charge < -0.3 is 99.1 Å². The third-order valence-electron chi connectivity index (χ3n) is 32.2. The molecule has 12 heterocycles. The van der Waals surface area contributed by atoms with Gasteiger partial charge in [0.25, 0.3) is 0 Å². The number of likely N-dealkylation sites (tertiary alicyclic amines) is 7. The summed E-state index contributed by atoms with van der Waals surface area (Å²) in [5.41, 5.74) is 12.4. The first-order chi connectivity index (χ1) is 61.9. The Labute approximate surface area is 778 Å². The average Bonchev–Trinajstić information content (AvgIpc) is 1.62. The third kappa shape index (κ3) is 22.4. The van der Waals surface area contributed by atoms with Crippen LogP contribution in [0.25, 0.3) is 0 Å². The molecule has 4 saturated carbocycles. The highest BCUT2D eigenvalue weighted by Gasteiger charge is 2.57. The summed E-state index contributed by atoms with van der Waals surface area (Å²) in [4.78, 5) is 103. The molecule has 6 N–H and O–H groups in total. The van der Waals surface area contributed by atoms with Crippen LogP contribution in [0, 0.1) is 45.3 Å². The Morgan fingerprint density at radius 3 is 1.11 bits per heavy atom. The molecule has 129 heavy (non-hydrogen) atoms. The number of ether oxygens (including phenoxy) is 4. The normalized spacial score (nSPS) is 28.7. The van der Waals surface area contributed by atoms with Crippen molar-refractivity contribution in [3.05, 3.63) is 142 Å². The predicted molar refractivity (Wildman–Crippen MR) is 504 cm³/mol. The Hall–Kier alpha value is -7.28. The number of halogens is 2. The van der Waals surface area contributed by atoms with Crippen LogP contribution in [0.2, 0.25) is 13.6 Å². The van der Waals surface area contributed by atoms with Crippen molar-refractivity contribution < 1.29 is 62.6 Å². The van der Waals surface area contributed by atoms with E-state index in [1.54, 1.807) is 18.9 Å². The Balaban J connectivity index is 0.000000131. The van der Waals surface area contributed by atoms with Crippen molar-refractivity contribution in [1.29, 1.82) is 0 Å². The standard InChI is InChI=1S/C25H36N4O3.C24H36BN3O3.C23H33N3O2.C14H21BN2O.C10H15NO3.C2H4ClNO.ClH/c1-3-32-24(31)28-13-10-25(17-28)14-20(15-25)27-11-8-18(9-12-27)22-21-7-5-4-6-19(21)16-29(22)23(30)26-2;1-3-31-23(29)27-13-10-24(17-27)14-20(15-24)26-11-8-18(9-12-26)22-21-7-5-4-6-19(21)16-28(22)25(2)30;1-2-28-22(27)26-12-9-23(16-26)13-19(14-23)25-10-7-17(8-11-25)21-20-6-4-3-5-18(20)15-24-21;1-15(18)17-10-12-4-2-3-5-13(12)14(17)11-6-8-16-9-7-11;1-2-14-9(13)11-4-3-10(7-11)5-8(12)6-10;1-4-2(3)5;/h4-7,18,20,22H,3,8-17H2,1-2H3,(H,26,30);4-7,18,20,22,30H,3,8-17H2,1-2H3;3-6,17,19,21,24H,2,7-16H2,1H3;2-5,11,14,16,18H,6-10H2,1H3;2-7H2,1H3;1H3,(H,4,5);1H. The van der Waals surface area contributed by atoms with Crippen molar-refractivity contribution >= 4 is 79.7 Å². The monoisotopic (exact) mass is 1820 g/mol. The van der Waals surface area contributed by atoms with Crippen LogP contribution in [0.4, 0.5) is 28.8 Å². The van der Waals surface area contributed by atoms with Gasteiger partial charge in [0.1, 0.15) is 5.78 Å². The van der Waals surface area contributed by atoms with Crippen molar-refractivity contribution in [3.63, 3.8) is 0 Å². The summed E-state index contributed by atoms with van der Waals surface area (Å²) in [6.45, 7) is 32.3. The minimum absolute atomic E-state index is 0. The summed E-state index contributed by atoms with van der Waals surface area (Å²) in [5.74, 6) is 2.88. The molecule has 0 radical (unpaired) electrons. The minimum Gasteiger partial charge on any atom is -0.450 e. The number of ketones is 1. The Kier molecular flexibility index (Phi) is 33.2. The van der Waals surface area contributed by atoms with Crippen molar-refractivity contribution in [1.82, 2.24) is 70.1 Å². The van der Waals surface area contributed by atoms with E-state index in [9.17, 15) is 43.6 Å². The minimum atomic E-state index is -0.523. The second-order valence-electron chi connectivity index (χ2n) is 40.1. The average molecular weight is 1820 g/mol. The van der Waals surface area contributed by atoms with Crippen LogP contribution >= 0.6 is 24.0 Å². The molecule has 0 bridgehead atoms. The molecule has 8 saturated heterocycles. The molecule has 4 spiro atoms. The van der Waals surface area contributed by atoms with Gasteiger partial charge in [-0.05, 0) is 305 Å². The molecule has 706 valence electrons. The van der Waals surface area contributed by atoms with Gasteiger partial charge in [0.2, 0.25) is 0 Å². The van der Waals surface area contributed by atoms with Crippen molar-refractivity contribution in [2.75, 3.05) is 145 Å². The quantitative estimate of drug-likeness (QED) is 0.0314. The number of piperidine rings is 4. The molecule has 7 amide bonds. The molecule has 12 aliphatic heterocycles. The Morgan fingerprint density at radius 2 is 0.752 bits per heavy atom. The van der Waals surface area contributed by atoms with Crippen LogP contribution < -0.4 is 21.3 Å². The van der Waals surface area contributed by atoms with Crippen LogP contribution in [0.5, 0.6) is 0 Å². The lowest BCUT2D eigenvalue weighted by molar-refractivity contribution is -0.132. The fourth-order valence-corrected chi connectivity index (χ4v) is 25.5. The van der Waals surface area contributed by atoms with Gasteiger partial charge >= 0.3 is 49.9 Å². The molecular formula is C98H146B2Cl2N14O13. The summed E-state index contributed by atoms with van der Waals surface area (Å²) in [5, 5.41) is 32.1. The van der Waals surface area contributed by atoms with E-state index in [0.717, 1.165) is 155 Å². The van der Waals surface area contributed by atoms with E-state index >= 15 is 0 Å². The molecule has 20 rings (SSSR count). The largest absolute Gasteiger partial charge is 0.450 e. The van der Waals surface area contributed by atoms with E-state index in [4.69, 9.17) is 30.5 Å². The zero-order valence-corrected chi connectivity index (χ0v) is 79.6. The van der Waals surface area contributed by atoms with Crippen molar-refractivity contribution in [3.8, 4) is 0 Å². The van der Waals surface area contributed by atoms with Gasteiger partial charge in [-0.2, -0.15) is 0 Å². The zero-order chi connectivity index (χ0) is 90.0. The molecular weight excluding hydrogens is 1670 g/mol. The van der Waals surface area contributed by atoms with E-state index in [0.29, 0.717) is 122 Å². The van der Waals surface area contributed by atoms with E-state index in [2.05, 4.69) is 143 Å². The number of hydrogen-bond donors (Lipinski definition) is 6. The lowest BCUT2D eigenvalue weighted by Crippen LogP contribution is -2.54. The number of hydrogen-bond acceptors (Lipinski definition) is 20. The lowest BCUT2D eigenvalue weighted by Gasteiger charge is -2.52. The van der Waals surface area contributed by atoms with Gasteiger partial charge in [-0.15, -0.1) is 12.4 Å². The van der Waals surface area contributed by atoms with Crippen molar-refractivity contribution in [2.45, 2.75) is 238 Å². The molecule has 12 fully saturated rings. The SMILES string of the molecule is CB(O)N1Cc2ccccc2C1C1CCNCC1.CCOC(=O)N1CCC2(CC(=O)C2)C1.CCOC(=O)N1CCC2(CC(N3CCC(C4NCc5ccccc54)CC3)C2)C1.CCOC(=O)N1CCC2(CC(N3CCC(C4c5ccccc5CN4B(C)O)CC3)C2)C1.CCOC(=O)N1CCC2(CC(N3CCC(C4c5ccccc5CN4C(=O)NC)CC3)C2)C1.CNC(=O)Cl.Cl. The third-order valence-corrected chi connectivity index (χ3v) is 32.4.